The minimum Gasteiger partial charge on any atom is -0.462 e. The van der Waals surface area contributed by atoms with Crippen molar-refractivity contribution < 1.29 is 28.6 Å². The molecule has 0 spiro atoms. The SMILES string of the molecule is CC/C=C\C/C=C\C/C=C\C/C=C\CCCCC(=O)OCC(COC(=O)CCCCCCCCCCC/C=C\CCCCCCCC)OC(=O)CCCC/C=C\C/C=C\C/C=C\C/C=C\CC. The molecule has 0 rings (SSSR count). The molecule has 0 N–H and O–H groups in total. The van der Waals surface area contributed by atoms with Crippen LogP contribution in [0.3, 0.4) is 0 Å². The number of allylic oxidation sites excluding steroid dienone is 18. The van der Waals surface area contributed by atoms with Crippen molar-refractivity contribution in [1.29, 1.82) is 0 Å². The molecule has 0 aromatic rings. The first-order chi connectivity index (χ1) is 33.0. The summed E-state index contributed by atoms with van der Waals surface area (Å²) in [6, 6.07) is 0. The zero-order valence-electron chi connectivity index (χ0n) is 43.4. The molecule has 0 aromatic heterocycles. The number of rotatable bonds is 48. The fraction of sp³-hybridized carbons (Fsp3) is 0.656. The molecule has 0 aliphatic rings. The molecular formula is C61H100O6. The van der Waals surface area contributed by atoms with Crippen LogP contribution in [0.2, 0.25) is 0 Å². The quantitative estimate of drug-likeness (QED) is 0.0262. The Balaban J connectivity index is 4.49. The highest BCUT2D eigenvalue weighted by molar-refractivity contribution is 5.71. The van der Waals surface area contributed by atoms with E-state index in [0.29, 0.717) is 25.7 Å². The molecule has 0 fully saturated rings. The van der Waals surface area contributed by atoms with Gasteiger partial charge in [-0.3, -0.25) is 14.4 Å². The number of unbranched alkanes of at least 4 members (excludes halogenated alkanes) is 19. The van der Waals surface area contributed by atoms with Crippen LogP contribution in [0.25, 0.3) is 0 Å². The molecule has 0 bridgehead atoms. The normalized spacial score (nSPS) is 12.9. The van der Waals surface area contributed by atoms with Crippen molar-refractivity contribution in [2.45, 2.75) is 245 Å². The number of esters is 3. The molecular weight excluding hydrogens is 829 g/mol. The fourth-order valence-electron chi connectivity index (χ4n) is 7.18. The van der Waals surface area contributed by atoms with Gasteiger partial charge in [-0.1, -0.05) is 207 Å². The van der Waals surface area contributed by atoms with Crippen LogP contribution in [0.4, 0.5) is 0 Å². The highest BCUT2D eigenvalue weighted by Gasteiger charge is 2.19. The summed E-state index contributed by atoms with van der Waals surface area (Å²) in [5.41, 5.74) is 0. The lowest BCUT2D eigenvalue weighted by Crippen LogP contribution is -2.30. The van der Waals surface area contributed by atoms with Gasteiger partial charge in [0.1, 0.15) is 13.2 Å². The van der Waals surface area contributed by atoms with E-state index in [4.69, 9.17) is 14.2 Å². The second-order valence-electron chi connectivity index (χ2n) is 17.7. The summed E-state index contributed by atoms with van der Waals surface area (Å²) in [7, 11) is 0. The van der Waals surface area contributed by atoms with Gasteiger partial charge in [-0.05, 0) is 122 Å². The highest BCUT2D eigenvalue weighted by atomic mass is 16.6. The Bertz CT molecular complexity index is 1390. The molecule has 0 amide bonds. The number of hydrogen-bond acceptors (Lipinski definition) is 6. The lowest BCUT2D eigenvalue weighted by Gasteiger charge is -2.18. The Morgan fingerprint density at radius 3 is 0.955 bits per heavy atom. The summed E-state index contributed by atoms with van der Waals surface area (Å²) in [5.74, 6) is -1.00. The van der Waals surface area contributed by atoms with E-state index >= 15 is 0 Å². The van der Waals surface area contributed by atoms with Crippen molar-refractivity contribution in [3.05, 3.63) is 109 Å². The fourth-order valence-corrected chi connectivity index (χ4v) is 7.18. The summed E-state index contributed by atoms with van der Waals surface area (Å²) in [6.45, 7) is 6.33. The van der Waals surface area contributed by atoms with Crippen LogP contribution in [0.5, 0.6) is 0 Å². The van der Waals surface area contributed by atoms with Crippen LogP contribution in [0.15, 0.2) is 109 Å². The van der Waals surface area contributed by atoms with E-state index in [9.17, 15) is 14.4 Å². The molecule has 1 atom stereocenters. The minimum atomic E-state index is -0.819. The van der Waals surface area contributed by atoms with Crippen molar-refractivity contribution in [3.63, 3.8) is 0 Å². The lowest BCUT2D eigenvalue weighted by molar-refractivity contribution is -0.167. The van der Waals surface area contributed by atoms with Gasteiger partial charge in [0.05, 0.1) is 0 Å². The van der Waals surface area contributed by atoms with Crippen LogP contribution in [0.1, 0.15) is 239 Å². The topological polar surface area (TPSA) is 78.9 Å². The predicted molar refractivity (Wildman–Crippen MR) is 288 cm³/mol. The third-order valence-corrected chi connectivity index (χ3v) is 11.2. The monoisotopic (exact) mass is 929 g/mol. The smallest absolute Gasteiger partial charge is 0.306 e. The largest absolute Gasteiger partial charge is 0.462 e. The Kier molecular flexibility index (Phi) is 51.5. The lowest BCUT2D eigenvalue weighted by atomic mass is 10.1. The number of ether oxygens (including phenoxy) is 3. The van der Waals surface area contributed by atoms with Crippen molar-refractivity contribution in [2.75, 3.05) is 13.2 Å². The third kappa shape index (κ3) is 52.9. The zero-order chi connectivity index (χ0) is 48.6. The van der Waals surface area contributed by atoms with Crippen molar-refractivity contribution in [1.82, 2.24) is 0 Å². The van der Waals surface area contributed by atoms with E-state index < -0.39 is 6.10 Å². The molecule has 6 heteroatoms. The van der Waals surface area contributed by atoms with Gasteiger partial charge in [0.15, 0.2) is 6.10 Å². The van der Waals surface area contributed by atoms with Crippen LogP contribution < -0.4 is 0 Å². The molecule has 0 aliphatic carbocycles. The van der Waals surface area contributed by atoms with Crippen molar-refractivity contribution in [3.8, 4) is 0 Å². The van der Waals surface area contributed by atoms with Gasteiger partial charge in [-0.15, -0.1) is 0 Å². The summed E-state index contributed by atoms with van der Waals surface area (Å²) >= 11 is 0. The number of hydrogen-bond donors (Lipinski definition) is 0. The standard InChI is InChI=1S/C61H100O6/c1-4-7-10-13-16-19-22-25-28-29-30-31-34-36-39-42-45-48-51-54-60(63)66-57-58(67-61(64)55-52-49-46-43-40-37-33-27-24-21-18-15-12-9-6-3)56-65-59(62)53-50-47-44-41-38-35-32-26-23-20-17-14-11-8-5-2/h8-9,11-12,17-18,20-21,25-28,32-33,38,40-41,43,58H,4-7,10,13-16,19,22-24,29-31,34-37,39,42,44-57H2,1-3H3/b11-8-,12-9-,20-17-,21-18-,28-25-,32-26-,33-27-,41-38-,43-40-. The van der Waals surface area contributed by atoms with E-state index in [1.54, 1.807) is 0 Å². The molecule has 0 radical (unpaired) electrons. The average Bonchev–Trinajstić information content (AvgIpc) is 3.33. The van der Waals surface area contributed by atoms with Gasteiger partial charge in [0.25, 0.3) is 0 Å². The summed E-state index contributed by atoms with van der Waals surface area (Å²) in [6.07, 6.45) is 73.7. The molecule has 1 unspecified atom stereocenters. The van der Waals surface area contributed by atoms with Gasteiger partial charge in [0.2, 0.25) is 0 Å². The molecule has 67 heavy (non-hydrogen) atoms. The first-order valence-corrected chi connectivity index (χ1v) is 27.4. The molecule has 0 aromatic carbocycles. The highest BCUT2D eigenvalue weighted by Crippen LogP contribution is 2.14. The number of carbonyl (C=O) groups is 3. The molecule has 6 nitrogen and oxygen atoms in total. The first kappa shape index (κ1) is 63.1. The van der Waals surface area contributed by atoms with E-state index in [-0.39, 0.29) is 37.5 Å². The second kappa shape index (κ2) is 54.7. The summed E-state index contributed by atoms with van der Waals surface area (Å²) in [4.78, 5) is 38.1. The predicted octanol–water partition coefficient (Wildman–Crippen LogP) is 18.3. The molecule has 0 heterocycles. The van der Waals surface area contributed by atoms with E-state index in [2.05, 4.69) is 130 Å². The van der Waals surface area contributed by atoms with Crippen LogP contribution >= 0.6 is 0 Å². The van der Waals surface area contributed by atoms with E-state index in [1.165, 1.54) is 89.9 Å². The maximum Gasteiger partial charge on any atom is 0.306 e. The average molecular weight is 929 g/mol. The zero-order valence-corrected chi connectivity index (χ0v) is 43.4. The molecule has 0 saturated heterocycles. The van der Waals surface area contributed by atoms with E-state index in [0.717, 1.165) is 96.3 Å². The van der Waals surface area contributed by atoms with Gasteiger partial charge in [-0.25, -0.2) is 0 Å². The van der Waals surface area contributed by atoms with Gasteiger partial charge in [-0.2, -0.15) is 0 Å². The third-order valence-electron chi connectivity index (χ3n) is 11.2. The Hall–Kier alpha value is -3.93. The van der Waals surface area contributed by atoms with Crippen LogP contribution in [0, 0.1) is 0 Å². The Morgan fingerprint density at radius 2 is 0.582 bits per heavy atom. The second-order valence-corrected chi connectivity index (χ2v) is 17.7. The van der Waals surface area contributed by atoms with E-state index in [1.807, 2.05) is 0 Å². The Morgan fingerprint density at radius 1 is 0.313 bits per heavy atom. The summed E-state index contributed by atoms with van der Waals surface area (Å²) < 4.78 is 16.8. The van der Waals surface area contributed by atoms with Crippen LogP contribution in [-0.4, -0.2) is 37.2 Å². The van der Waals surface area contributed by atoms with Crippen molar-refractivity contribution in [2.24, 2.45) is 0 Å². The van der Waals surface area contributed by atoms with Crippen molar-refractivity contribution >= 4 is 17.9 Å². The van der Waals surface area contributed by atoms with Gasteiger partial charge < -0.3 is 14.2 Å². The Labute approximate surface area is 412 Å². The van der Waals surface area contributed by atoms with Gasteiger partial charge in [0, 0.05) is 19.3 Å². The molecule has 0 aliphatic heterocycles. The molecule has 380 valence electrons. The maximum atomic E-state index is 12.8. The first-order valence-electron chi connectivity index (χ1n) is 27.4. The molecule has 0 saturated carbocycles. The summed E-state index contributed by atoms with van der Waals surface area (Å²) in [5, 5.41) is 0. The van der Waals surface area contributed by atoms with Gasteiger partial charge >= 0.3 is 17.9 Å². The van der Waals surface area contributed by atoms with Crippen LogP contribution in [-0.2, 0) is 28.6 Å². The minimum absolute atomic E-state index is 0.111. The number of carbonyl (C=O) groups excluding carboxylic acids is 3. The maximum absolute atomic E-state index is 12.8.